The Hall–Kier alpha value is -0.980. The predicted octanol–water partition coefficient (Wildman–Crippen LogP) is 2.74. The number of hydrogen-bond donors (Lipinski definition) is 0. The van der Waals surface area contributed by atoms with Gasteiger partial charge in [0.25, 0.3) is 0 Å². The molecule has 1 aromatic rings. The van der Waals surface area contributed by atoms with Gasteiger partial charge in [-0.15, -0.1) is 0 Å². The molecule has 0 bridgehead atoms. The van der Waals surface area contributed by atoms with Crippen LogP contribution in [0.15, 0.2) is 24.3 Å². The van der Waals surface area contributed by atoms with Gasteiger partial charge in [0, 0.05) is 6.54 Å². The lowest BCUT2D eigenvalue weighted by Gasteiger charge is -2.16. The highest BCUT2D eigenvalue weighted by Crippen LogP contribution is 2.07. The van der Waals surface area contributed by atoms with Crippen LogP contribution in [0.1, 0.15) is 17.5 Å². The summed E-state index contributed by atoms with van der Waals surface area (Å²) in [4.78, 5) is 2.30. The van der Waals surface area contributed by atoms with Crippen molar-refractivity contribution in [1.29, 1.82) is 5.26 Å². The number of nitriles is 1. The quantitative estimate of drug-likeness (QED) is 0.708. The third kappa shape index (κ3) is 4.69. The molecule has 0 aromatic heterocycles. The number of benzene rings is 1. The average molecular weight is 234 g/mol. The molecule has 16 heavy (non-hydrogen) atoms. The molecule has 0 fully saturated rings. The number of nitrogens with zero attached hydrogens (tertiary/aromatic N) is 2. The minimum absolute atomic E-state index is 0.745. The van der Waals surface area contributed by atoms with Crippen molar-refractivity contribution in [3.63, 3.8) is 0 Å². The molecule has 1 rings (SSSR count). The minimum atomic E-state index is 0.745. The Kier molecular flexibility index (Phi) is 5.99. The van der Waals surface area contributed by atoms with Crippen LogP contribution in [-0.4, -0.2) is 30.5 Å². The van der Waals surface area contributed by atoms with Crippen LogP contribution in [-0.2, 0) is 6.54 Å². The summed E-state index contributed by atoms with van der Waals surface area (Å²) < 4.78 is 0. The van der Waals surface area contributed by atoms with Crippen molar-refractivity contribution < 1.29 is 0 Å². The summed E-state index contributed by atoms with van der Waals surface area (Å²) >= 11 is 1.89. The molecule has 0 heterocycles. The zero-order valence-electron chi connectivity index (χ0n) is 9.94. The molecule has 2 nitrogen and oxygen atoms in total. The molecule has 0 atom stereocenters. The van der Waals surface area contributed by atoms with Gasteiger partial charge in [0.1, 0.15) is 0 Å². The van der Waals surface area contributed by atoms with E-state index in [2.05, 4.69) is 30.3 Å². The van der Waals surface area contributed by atoms with Gasteiger partial charge in [-0.2, -0.15) is 17.0 Å². The van der Waals surface area contributed by atoms with Gasteiger partial charge in [-0.1, -0.05) is 12.1 Å². The highest BCUT2D eigenvalue weighted by atomic mass is 32.2. The second kappa shape index (κ2) is 7.32. The normalized spacial score (nSPS) is 10.4. The first-order valence-corrected chi connectivity index (χ1v) is 6.82. The Bertz CT molecular complexity index is 357. The van der Waals surface area contributed by atoms with Crippen LogP contribution in [0.4, 0.5) is 0 Å². The van der Waals surface area contributed by atoms with Gasteiger partial charge in [-0.05, 0) is 49.7 Å². The minimum Gasteiger partial charge on any atom is -0.302 e. The van der Waals surface area contributed by atoms with Crippen molar-refractivity contribution in [2.24, 2.45) is 0 Å². The van der Waals surface area contributed by atoms with Gasteiger partial charge in [0.2, 0.25) is 0 Å². The summed E-state index contributed by atoms with van der Waals surface area (Å²) in [6.07, 6.45) is 3.35. The van der Waals surface area contributed by atoms with Crippen LogP contribution >= 0.6 is 11.8 Å². The first-order valence-electron chi connectivity index (χ1n) is 5.43. The van der Waals surface area contributed by atoms with Crippen molar-refractivity contribution in [2.75, 3.05) is 25.6 Å². The van der Waals surface area contributed by atoms with E-state index in [9.17, 15) is 0 Å². The van der Waals surface area contributed by atoms with E-state index in [4.69, 9.17) is 5.26 Å². The fourth-order valence-corrected chi connectivity index (χ4v) is 2.03. The van der Waals surface area contributed by atoms with Crippen LogP contribution in [0.3, 0.4) is 0 Å². The van der Waals surface area contributed by atoms with E-state index in [1.165, 1.54) is 17.7 Å². The van der Waals surface area contributed by atoms with Crippen molar-refractivity contribution in [1.82, 2.24) is 4.90 Å². The monoisotopic (exact) mass is 234 g/mol. The zero-order chi connectivity index (χ0) is 11.8. The molecule has 86 valence electrons. The van der Waals surface area contributed by atoms with Crippen LogP contribution in [0.5, 0.6) is 0 Å². The standard InChI is InChI=1S/C13H18N2S/c1-15(7-4-8-16-2)11-13-6-3-5-12(9-13)10-14/h3,5-6,9H,4,7-8,11H2,1-2H3. The van der Waals surface area contributed by atoms with Crippen molar-refractivity contribution in [3.05, 3.63) is 35.4 Å². The Labute approximate surface area is 102 Å². The van der Waals surface area contributed by atoms with E-state index in [-0.39, 0.29) is 0 Å². The van der Waals surface area contributed by atoms with Gasteiger partial charge in [-0.3, -0.25) is 0 Å². The molecule has 0 N–H and O–H groups in total. The van der Waals surface area contributed by atoms with E-state index >= 15 is 0 Å². The van der Waals surface area contributed by atoms with Crippen molar-refractivity contribution in [2.45, 2.75) is 13.0 Å². The number of thioether (sulfide) groups is 1. The van der Waals surface area contributed by atoms with Gasteiger partial charge in [-0.25, -0.2) is 0 Å². The number of hydrogen-bond acceptors (Lipinski definition) is 3. The first-order chi connectivity index (χ1) is 7.76. The summed E-state index contributed by atoms with van der Waals surface area (Å²) in [5.41, 5.74) is 1.96. The van der Waals surface area contributed by atoms with E-state index in [0.29, 0.717) is 0 Å². The highest BCUT2D eigenvalue weighted by molar-refractivity contribution is 7.98. The SMILES string of the molecule is CSCCCN(C)Cc1cccc(C#N)c1. The summed E-state index contributed by atoms with van der Waals surface area (Å²) in [7, 11) is 2.12. The van der Waals surface area contributed by atoms with Crippen molar-refractivity contribution >= 4 is 11.8 Å². The Balaban J connectivity index is 2.43. The van der Waals surface area contributed by atoms with Gasteiger partial charge < -0.3 is 4.90 Å². The summed E-state index contributed by atoms with van der Waals surface area (Å²) in [5.74, 6) is 1.21. The predicted molar refractivity (Wildman–Crippen MR) is 70.5 cm³/mol. The summed E-state index contributed by atoms with van der Waals surface area (Å²) in [6.45, 7) is 2.03. The van der Waals surface area contributed by atoms with E-state index in [0.717, 1.165) is 18.7 Å². The summed E-state index contributed by atoms with van der Waals surface area (Å²) in [6, 6.07) is 10.0. The fourth-order valence-electron chi connectivity index (χ4n) is 1.61. The van der Waals surface area contributed by atoms with Crippen LogP contribution in [0.2, 0.25) is 0 Å². The van der Waals surface area contributed by atoms with Gasteiger partial charge in [0.15, 0.2) is 0 Å². The van der Waals surface area contributed by atoms with Crippen molar-refractivity contribution in [3.8, 4) is 6.07 Å². The van der Waals surface area contributed by atoms with E-state index in [1.807, 2.05) is 30.0 Å². The first kappa shape index (κ1) is 13.1. The molecule has 0 aliphatic heterocycles. The highest BCUT2D eigenvalue weighted by Gasteiger charge is 2.00. The third-order valence-corrected chi connectivity index (χ3v) is 3.09. The maximum absolute atomic E-state index is 8.80. The van der Waals surface area contributed by atoms with Gasteiger partial charge in [0.05, 0.1) is 11.6 Å². The molecule has 0 aliphatic rings. The molecule has 0 unspecified atom stereocenters. The molecule has 1 aromatic carbocycles. The molecule has 0 spiro atoms. The maximum Gasteiger partial charge on any atom is 0.0991 e. The van der Waals surface area contributed by atoms with E-state index in [1.54, 1.807) is 0 Å². The van der Waals surface area contributed by atoms with Crippen LogP contribution in [0, 0.1) is 11.3 Å². The maximum atomic E-state index is 8.80. The van der Waals surface area contributed by atoms with Crippen LogP contribution < -0.4 is 0 Å². The largest absolute Gasteiger partial charge is 0.302 e. The molecule has 0 saturated heterocycles. The molecular formula is C13H18N2S. The number of rotatable bonds is 6. The van der Waals surface area contributed by atoms with Crippen LogP contribution in [0.25, 0.3) is 0 Å². The Morgan fingerprint density at radius 1 is 1.44 bits per heavy atom. The fraction of sp³-hybridized carbons (Fsp3) is 0.462. The van der Waals surface area contributed by atoms with Gasteiger partial charge >= 0.3 is 0 Å². The summed E-state index contributed by atoms with van der Waals surface area (Å²) in [5, 5.41) is 8.80. The second-order valence-corrected chi connectivity index (χ2v) is 4.88. The van der Waals surface area contributed by atoms with E-state index < -0.39 is 0 Å². The topological polar surface area (TPSA) is 27.0 Å². The molecule has 0 aliphatic carbocycles. The molecule has 0 amide bonds. The third-order valence-electron chi connectivity index (χ3n) is 2.40. The average Bonchev–Trinajstić information content (AvgIpc) is 2.29. The zero-order valence-corrected chi connectivity index (χ0v) is 10.8. The lowest BCUT2D eigenvalue weighted by molar-refractivity contribution is 0.328. The molecule has 3 heteroatoms. The smallest absolute Gasteiger partial charge is 0.0991 e. The molecular weight excluding hydrogens is 216 g/mol. The Morgan fingerprint density at radius 3 is 2.94 bits per heavy atom. The second-order valence-electron chi connectivity index (χ2n) is 3.90. The molecule has 0 radical (unpaired) electrons. The lowest BCUT2D eigenvalue weighted by atomic mass is 10.1. The Morgan fingerprint density at radius 2 is 2.25 bits per heavy atom. The lowest BCUT2D eigenvalue weighted by Crippen LogP contribution is -2.19. The molecule has 0 saturated carbocycles.